The molecule has 1 rings (SSSR count). The second-order valence-corrected chi connectivity index (χ2v) is 3.71. The van der Waals surface area contributed by atoms with Crippen LogP contribution in [0, 0.1) is 18.6 Å². The molecule has 0 spiro atoms. The van der Waals surface area contributed by atoms with Crippen molar-refractivity contribution in [3.05, 3.63) is 29.1 Å². The predicted octanol–water partition coefficient (Wildman–Crippen LogP) is 2.98. The molecular weight excluding hydrogens is 224 g/mol. The Morgan fingerprint density at radius 3 is 2.80 bits per heavy atom. The van der Waals surface area contributed by atoms with E-state index in [1.54, 1.807) is 0 Å². The summed E-state index contributed by atoms with van der Waals surface area (Å²) in [5, 5.41) is -0.593. The van der Waals surface area contributed by atoms with Crippen molar-refractivity contribution in [1.29, 1.82) is 0 Å². The van der Waals surface area contributed by atoms with E-state index in [4.69, 9.17) is 16.3 Å². The van der Waals surface area contributed by atoms with Gasteiger partial charge in [0.2, 0.25) is 0 Å². The highest BCUT2D eigenvalue weighted by Crippen LogP contribution is 2.26. The molecular formula is C10H12ClF2NO. The smallest absolute Gasteiger partial charge is 0.152 e. The summed E-state index contributed by atoms with van der Waals surface area (Å²) in [6.45, 7) is 1.77. The second-order valence-electron chi connectivity index (χ2n) is 3.18. The molecule has 0 fully saturated rings. The number of pyridine rings is 1. The maximum atomic E-state index is 13.5. The van der Waals surface area contributed by atoms with Crippen LogP contribution >= 0.6 is 11.6 Å². The zero-order valence-electron chi connectivity index (χ0n) is 8.56. The van der Waals surface area contributed by atoms with Gasteiger partial charge in [-0.15, -0.1) is 11.6 Å². The van der Waals surface area contributed by atoms with Crippen LogP contribution in [0.3, 0.4) is 0 Å². The minimum atomic E-state index is -0.675. The summed E-state index contributed by atoms with van der Waals surface area (Å²) in [5.41, 5.74) is 0.0238. The maximum absolute atomic E-state index is 13.5. The lowest BCUT2D eigenvalue weighted by molar-refractivity contribution is 0.193. The zero-order chi connectivity index (χ0) is 11.4. The summed E-state index contributed by atoms with van der Waals surface area (Å²) in [7, 11) is 1.53. The van der Waals surface area contributed by atoms with Gasteiger partial charge in [-0.25, -0.2) is 8.78 Å². The first kappa shape index (κ1) is 12.3. The molecule has 0 aliphatic rings. The molecule has 0 radical (unpaired) electrons. The number of hydrogen-bond acceptors (Lipinski definition) is 2. The van der Waals surface area contributed by atoms with E-state index in [1.807, 2.05) is 0 Å². The van der Waals surface area contributed by atoms with Crippen molar-refractivity contribution in [1.82, 2.24) is 4.98 Å². The number of nitrogens with zero attached hydrogens (tertiary/aromatic N) is 1. The molecule has 1 heterocycles. The first-order valence-electron chi connectivity index (χ1n) is 4.51. The van der Waals surface area contributed by atoms with Gasteiger partial charge in [0.15, 0.2) is 5.82 Å². The Labute approximate surface area is 92.2 Å². The summed E-state index contributed by atoms with van der Waals surface area (Å²) < 4.78 is 31.2. The molecule has 1 aromatic rings. The first-order valence-corrected chi connectivity index (χ1v) is 4.95. The van der Waals surface area contributed by atoms with Gasteiger partial charge in [0.1, 0.15) is 5.82 Å². The highest BCUT2D eigenvalue weighted by molar-refractivity contribution is 6.20. The molecule has 0 bridgehead atoms. The molecule has 0 aliphatic heterocycles. The molecule has 0 saturated heterocycles. The average molecular weight is 236 g/mol. The number of ether oxygens (including phenoxy) is 1. The number of hydrogen-bond donors (Lipinski definition) is 0. The Morgan fingerprint density at radius 2 is 2.20 bits per heavy atom. The molecule has 2 nitrogen and oxygen atoms in total. The van der Waals surface area contributed by atoms with Gasteiger partial charge in [0.25, 0.3) is 0 Å². The Kier molecular flexibility index (Phi) is 4.42. The van der Waals surface area contributed by atoms with Crippen molar-refractivity contribution in [2.75, 3.05) is 13.7 Å². The predicted molar refractivity (Wildman–Crippen MR) is 54.0 cm³/mol. The average Bonchev–Trinajstić information content (AvgIpc) is 2.23. The maximum Gasteiger partial charge on any atom is 0.152 e. The van der Waals surface area contributed by atoms with Crippen molar-refractivity contribution >= 4 is 11.6 Å². The van der Waals surface area contributed by atoms with Crippen LogP contribution in [0.25, 0.3) is 0 Å². The highest BCUT2D eigenvalue weighted by atomic mass is 35.5. The minimum absolute atomic E-state index is 0.0527. The quantitative estimate of drug-likeness (QED) is 0.749. The van der Waals surface area contributed by atoms with Crippen molar-refractivity contribution in [2.45, 2.75) is 18.7 Å². The molecule has 1 aromatic heterocycles. The summed E-state index contributed by atoms with van der Waals surface area (Å²) in [6.07, 6.45) is 1.42. The van der Waals surface area contributed by atoms with E-state index in [9.17, 15) is 8.78 Å². The third kappa shape index (κ3) is 2.86. The fourth-order valence-corrected chi connectivity index (χ4v) is 1.39. The first-order chi connectivity index (χ1) is 7.07. The van der Waals surface area contributed by atoms with Gasteiger partial charge in [-0.2, -0.15) is 0 Å². The van der Waals surface area contributed by atoms with E-state index in [1.165, 1.54) is 14.0 Å². The van der Waals surface area contributed by atoms with Gasteiger partial charge in [-0.3, -0.25) is 4.98 Å². The lowest BCUT2D eigenvalue weighted by Crippen LogP contribution is -2.05. The summed E-state index contributed by atoms with van der Waals surface area (Å²) >= 11 is 5.91. The molecule has 5 heteroatoms. The Balaban J connectivity index is 2.90. The van der Waals surface area contributed by atoms with E-state index in [0.717, 1.165) is 6.20 Å². The van der Waals surface area contributed by atoms with Crippen molar-refractivity contribution in [2.24, 2.45) is 0 Å². The summed E-state index contributed by atoms with van der Waals surface area (Å²) in [6, 6.07) is 0. The van der Waals surface area contributed by atoms with Gasteiger partial charge in [-0.05, 0) is 13.3 Å². The number of rotatable bonds is 4. The molecule has 84 valence electrons. The van der Waals surface area contributed by atoms with Crippen molar-refractivity contribution in [3.63, 3.8) is 0 Å². The van der Waals surface area contributed by atoms with E-state index in [-0.39, 0.29) is 11.3 Å². The number of methoxy groups -OCH3 is 1. The van der Waals surface area contributed by atoms with Gasteiger partial charge in [-0.1, -0.05) is 0 Å². The third-order valence-electron chi connectivity index (χ3n) is 2.10. The van der Waals surface area contributed by atoms with Crippen LogP contribution in [-0.2, 0) is 4.74 Å². The standard InChI is InChI=1S/C10H12ClF2NO/c1-6-8(12)5-14-10(9(6)13)7(11)3-4-15-2/h5,7H,3-4H2,1-2H3. The van der Waals surface area contributed by atoms with Gasteiger partial charge >= 0.3 is 0 Å². The Bertz CT molecular complexity index is 346. The lowest BCUT2D eigenvalue weighted by atomic mass is 10.1. The van der Waals surface area contributed by atoms with Gasteiger partial charge in [0.05, 0.1) is 17.3 Å². The van der Waals surface area contributed by atoms with E-state index in [0.29, 0.717) is 13.0 Å². The SMILES string of the molecule is COCCC(Cl)c1ncc(F)c(C)c1F. The Hall–Kier alpha value is -0.740. The van der Waals surface area contributed by atoms with E-state index < -0.39 is 17.0 Å². The fraction of sp³-hybridized carbons (Fsp3) is 0.500. The van der Waals surface area contributed by atoms with Crippen molar-refractivity contribution in [3.8, 4) is 0 Å². The molecule has 1 atom stereocenters. The number of alkyl halides is 1. The lowest BCUT2D eigenvalue weighted by Gasteiger charge is -2.10. The molecule has 0 amide bonds. The van der Waals surface area contributed by atoms with Crippen LogP contribution in [0.5, 0.6) is 0 Å². The normalized spacial score (nSPS) is 12.9. The van der Waals surface area contributed by atoms with Crippen LogP contribution < -0.4 is 0 Å². The van der Waals surface area contributed by atoms with Crippen LogP contribution in [0.2, 0.25) is 0 Å². The molecule has 0 aliphatic carbocycles. The van der Waals surface area contributed by atoms with Crippen LogP contribution in [-0.4, -0.2) is 18.7 Å². The zero-order valence-corrected chi connectivity index (χ0v) is 9.31. The van der Waals surface area contributed by atoms with E-state index in [2.05, 4.69) is 4.98 Å². The van der Waals surface area contributed by atoms with E-state index >= 15 is 0 Å². The molecule has 1 unspecified atom stereocenters. The molecule has 0 aromatic carbocycles. The van der Waals surface area contributed by atoms with Crippen LogP contribution in [0.15, 0.2) is 6.20 Å². The number of halogens is 3. The van der Waals surface area contributed by atoms with Gasteiger partial charge < -0.3 is 4.74 Å². The van der Waals surface area contributed by atoms with Crippen LogP contribution in [0.1, 0.15) is 23.1 Å². The minimum Gasteiger partial charge on any atom is -0.385 e. The molecule has 0 saturated carbocycles. The monoisotopic (exact) mass is 235 g/mol. The van der Waals surface area contributed by atoms with Crippen molar-refractivity contribution < 1.29 is 13.5 Å². The summed E-state index contributed by atoms with van der Waals surface area (Å²) in [4.78, 5) is 3.65. The van der Waals surface area contributed by atoms with Gasteiger partial charge in [0, 0.05) is 19.3 Å². The third-order valence-corrected chi connectivity index (χ3v) is 2.53. The largest absolute Gasteiger partial charge is 0.385 e. The Morgan fingerprint density at radius 1 is 1.53 bits per heavy atom. The fourth-order valence-electron chi connectivity index (χ4n) is 1.15. The topological polar surface area (TPSA) is 22.1 Å². The molecule has 0 N–H and O–H groups in total. The van der Waals surface area contributed by atoms with Crippen LogP contribution in [0.4, 0.5) is 8.78 Å². The number of aromatic nitrogens is 1. The summed E-state index contributed by atoms with van der Waals surface area (Å²) in [5.74, 6) is -1.34. The highest BCUT2D eigenvalue weighted by Gasteiger charge is 2.18. The molecule has 15 heavy (non-hydrogen) atoms. The second kappa shape index (κ2) is 5.37.